The Morgan fingerprint density at radius 1 is 1.04 bits per heavy atom. The smallest absolute Gasteiger partial charge is 0.294 e. The molecule has 0 fully saturated rings. The van der Waals surface area contributed by atoms with Gasteiger partial charge in [-0.15, -0.1) is 11.6 Å². The summed E-state index contributed by atoms with van der Waals surface area (Å²) < 4.78 is 63.5. The lowest BCUT2D eigenvalue weighted by Crippen LogP contribution is -2.12. The number of nitrogens with zero attached hydrogens (tertiary/aromatic N) is 1. The first-order valence-electron chi connectivity index (χ1n) is 6.08. The molecule has 0 atom stereocenters. The van der Waals surface area contributed by atoms with Crippen LogP contribution < -0.4 is 5.73 Å². The number of fused-ring (bicyclic) bond motifs is 1. The van der Waals surface area contributed by atoms with Gasteiger partial charge in [0.05, 0.1) is 21.4 Å². The van der Waals surface area contributed by atoms with Gasteiger partial charge in [-0.05, 0) is 23.6 Å². The fourth-order valence-corrected chi connectivity index (χ4v) is 3.12. The number of nitrogens with two attached hydrogens (primary N) is 1. The van der Waals surface area contributed by atoms with E-state index >= 15 is 0 Å². The number of aliphatic imine (C=N–C) groups is 1. The van der Waals surface area contributed by atoms with Crippen LogP contribution in [0, 0.1) is 0 Å². The molecule has 0 radical (unpaired) electrons. The van der Waals surface area contributed by atoms with E-state index in [0.717, 1.165) is 24.3 Å². The predicted molar refractivity (Wildman–Crippen MR) is 87.2 cm³/mol. The van der Waals surface area contributed by atoms with Gasteiger partial charge in [-0.2, -0.15) is 16.8 Å². The molecule has 0 aromatic heterocycles. The minimum Gasteiger partial charge on any atom is -0.507 e. The van der Waals surface area contributed by atoms with Gasteiger partial charge in [0.15, 0.2) is 0 Å². The predicted octanol–water partition coefficient (Wildman–Crippen LogP) is 1.27. The second kappa shape index (κ2) is 6.18. The highest BCUT2D eigenvalue weighted by Crippen LogP contribution is 2.38. The normalized spacial score (nSPS) is 13.4. The lowest BCUT2D eigenvalue weighted by molar-refractivity contribution is 0.471. The van der Waals surface area contributed by atoms with Gasteiger partial charge in [0.2, 0.25) is 0 Å². The quantitative estimate of drug-likeness (QED) is 0.260. The number of hydrogen-bond donors (Lipinski definition) is 4. The van der Waals surface area contributed by atoms with Crippen molar-refractivity contribution in [2.24, 2.45) is 10.7 Å². The maximum Gasteiger partial charge on any atom is 0.294 e. The van der Waals surface area contributed by atoms with E-state index in [1.54, 1.807) is 0 Å². The highest BCUT2D eigenvalue weighted by atomic mass is 35.5. The summed E-state index contributed by atoms with van der Waals surface area (Å²) in [5, 5.41) is 9.89. The second-order valence-corrected chi connectivity index (χ2v) is 7.78. The average molecular weight is 395 g/mol. The van der Waals surface area contributed by atoms with Crippen molar-refractivity contribution in [2.45, 2.75) is 9.79 Å². The topological polar surface area (TPSA) is 167 Å². The Morgan fingerprint density at radius 3 is 2.00 bits per heavy atom. The monoisotopic (exact) mass is 394 g/mol. The van der Waals surface area contributed by atoms with E-state index in [0.29, 0.717) is 0 Å². The third-order valence-corrected chi connectivity index (χ3v) is 4.89. The van der Waals surface area contributed by atoms with Crippen molar-refractivity contribution in [2.75, 3.05) is 5.88 Å². The van der Waals surface area contributed by atoms with Gasteiger partial charge in [-0.3, -0.25) is 9.11 Å². The number of phenolic OH excluding ortho intramolecular Hbond substituents is 1. The summed E-state index contributed by atoms with van der Waals surface area (Å²) in [6.45, 7) is 0. The van der Waals surface area contributed by atoms with Crippen molar-refractivity contribution in [3.8, 4) is 5.75 Å². The van der Waals surface area contributed by atoms with Gasteiger partial charge in [-0.1, -0.05) is 0 Å². The van der Waals surface area contributed by atoms with Crippen LogP contribution in [0.4, 0.5) is 5.69 Å². The summed E-state index contributed by atoms with van der Waals surface area (Å²) in [5.74, 6) is -0.895. The molecule has 0 saturated heterocycles. The zero-order chi connectivity index (χ0) is 18.3. The lowest BCUT2D eigenvalue weighted by atomic mass is 10.1. The standard InChI is InChI=1S/C12H11ClN2O7S2/c13-5-11(14)15-9-3-7(23(17,18)19)1-6-2-8(24(20,21)22)4-10(16)12(6)9/h1-4,16H,5H2,(H2,14,15)(H,17,18,19)(H,20,21,22). The van der Waals surface area contributed by atoms with E-state index < -0.39 is 35.8 Å². The van der Waals surface area contributed by atoms with Gasteiger partial charge in [0, 0.05) is 11.5 Å². The van der Waals surface area contributed by atoms with E-state index in [9.17, 15) is 26.5 Å². The van der Waals surface area contributed by atoms with Gasteiger partial charge < -0.3 is 10.8 Å². The van der Waals surface area contributed by atoms with E-state index in [1.807, 2.05) is 0 Å². The number of hydrogen-bond acceptors (Lipinski definition) is 6. The molecule has 0 heterocycles. The Bertz CT molecular complexity index is 1060. The highest BCUT2D eigenvalue weighted by Gasteiger charge is 2.19. The van der Waals surface area contributed by atoms with Crippen molar-refractivity contribution in [1.82, 2.24) is 0 Å². The van der Waals surface area contributed by atoms with Gasteiger partial charge >= 0.3 is 0 Å². The molecule has 0 aliphatic carbocycles. The average Bonchev–Trinajstić information content (AvgIpc) is 2.44. The van der Waals surface area contributed by atoms with Crippen molar-refractivity contribution in [1.29, 1.82) is 0 Å². The van der Waals surface area contributed by atoms with E-state index in [2.05, 4.69) is 4.99 Å². The maximum atomic E-state index is 11.4. The Morgan fingerprint density at radius 2 is 1.54 bits per heavy atom. The highest BCUT2D eigenvalue weighted by molar-refractivity contribution is 7.86. The summed E-state index contributed by atoms with van der Waals surface area (Å²) in [6.07, 6.45) is 0. The number of rotatable bonds is 4. The number of alkyl halides is 1. The van der Waals surface area contributed by atoms with Gasteiger partial charge in [-0.25, -0.2) is 4.99 Å². The Balaban J connectivity index is 2.99. The molecule has 2 rings (SSSR count). The van der Waals surface area contributed by atoms with Crippen LogP contribution in [0.25, 0.3) is 10.8 Å². The molecule has 2 aromatic rings. The first-order chi connectivity index (χ1) is 10.9. The third-order valence-electron chi connectivity index (χ3n) is 2.95. The molecule has 0 aliphatic heterocycles. The molecule has 2 aromatic carbocycles. The Labute approximate surface area is 141 Å². The molecule has 0 unspecified atom stereocenters. The molecule has 0 aliphatic rings. The first-order valence-corrected chi connectivity index (χ1v) is 9.49. The zero-order valence-corrected chi connectivity index (χ0v) is 14.1. The molecule has 0 saturated carbocycles. The molecule has 0 spiro atoms. The van der Waals surface area contributed by atoms with Crippen LogP contribution >= 0.6 is 11.6 Å². The summed E-state index contributed by atoms with van der Waals surface area (Å²) in [5.41, 5.74) is 5.34. The van der Waals surface area contributed by atoms with Gasteiger partial charge in [0.1, 0.15) is 11.6 Å². The zero-order valence-electron chi connectivity index (χ0n) is 11.7. The number of amidine groups is 1. The summed E-state index contributed by atoms with van der Waals surface area (Å²) in [7, 11) is -9.32. The van der Waals surface area contributed by atoms with Crippen molar-refractivity contribution in [3.05, 3.63) is 24.3 Å². The van der Waals surface area contributed by atoms with Crippen LogP contribution in [-0.2, 0) is 20.2 Å². The minimum atomic E-state index is -4.66. The maximum absolute atomic E-state index is 11.4. The van der Waals surface area contributed by atoms with Crippen LogP contribution in [0.15, 0.2) is 39.0 Å². The largest absolute Gasteiger partial charge is 0.507 e. The molecule has 5 N–H and O–H groups in total. The summed E-state index contributed by atoms with van der Waals surface area (Å²) in [4.78, 5) is 2.57. The molecule has 12 heteroatoms. The molecule has 0 amide bonds. The van der Waals surface area contributed by atoms with Crippen molar-refractivity contribution >= 4 is 54.1 Å². The molecule has 0 bridgehead atoms. The molecule has 130 valence electrons. The van der Waals surface area contributed by atoms with Gasteiger partial charge in [0.25, 0.3) is 20.2 Å². The molecular formula is C12H11ClN2O7S2. The summed E-state index contributed by atoms with van der Waals surface area (Å²) in [6, 6.07) is 3.52. The third kappa shape index (κ3) is 3.76. The molecule has 24 heavy (non-hydrogen) atoms. The number of aromatic hydroxyl groups is 1. The van der Waals surface area contributed by atoms with E-state index in [-0.39, 0.29) is 28.2 Å². The fraction of sp³-hybridized carbons (Fsp3) is 0.0833. The minimum absolute atomic E-state index is 0.0390. The van der Waals surface area contributed by atoms with Crippen LogP contribution in [-0.4, -0.2) is 42.8 Å². The Hall–Kier alpha value is -1.92. The van der Waals surface area contributed by atoms with Crippen LogP contribution in [0.3, 0.4) is 0 Å². The molecule has 9 nitrogen and oxygen atoms in total. The Kier molecular flexibility index (Phi) is 4.74. The van der Waals surface area contributed by atoms with Crippen molar-refractivity contribution < 1.29 is 31.0 Å². The second-order valence-electron chi connectivity index (χ2n) is 4.67. The SMILES string of the molecule is NC(CCl)=Nc1cc(S(=O)(=O)O)cc2cc(S(=O)(=O)O)cc(O)c12. The lowest BCUT2D eigenvalue weighted by Gasteiger charge is -2.10. The molecular weight excluding hydrogens is 384 g/mol. The summed E-state index contributed by atoms with van der Waals surface area (Å²) >= 11 is 5.51. The van der Waals surface area contributed by atoms with Crippen LogP contribution in [0.1, 0.15) is 0 Å². The van der Waals surface area contributed by atoms with Crippen LogP contribution in [0.5, 0.6) is 5.75 Å². The van der Waals surface area contributed by atoms with E-state index in [4.69, 9.17) is 21.9 Å². The number of benzene rings is 2. The number of halogens is 1. The van der Waals surface area contributed by atoms with Crippen LogP contribution in [0.2, 0.25) is 0 Å². The van der Waals surface area contributed by atoms with Crippen molar-refractivity contribution in [3.63, 3.8) is 0 Å². The van der Waals surface area contributed by atoms with E-state index in [1.165, 1.54) is 0 Å². The fourth-order valence-electron chi connectivity index (χ4n) is 1.99. The first kappa shape index (κ1) is 18.4. The number of phenols is 1.